The minimum Gasteiger partial charge on any atom is -0.465 e. The van der Waals surface area contributed by atoms with Crippen molar-refractivity contribution in [3.63, 3.8) is 0 Å². The summed E-state index contributed by atoms with van der Waals surface area (Å²) in [6, 6.07) is 12.6. The molecule has 2 aromatic heterocycles. The standard InChI is InChI=1S/C26H24FN3O3/c1-33-26(32)21-12-24(20-5-3-2-4-19(20)16-6-7-16)29-14-22(21)17-10-11-30(15-17)25(31)23-9-8-18(27)13-28-23/h2-5,8-9,12-14,16-17H,6-7,10-11,15H2,1H3. The van der Waals surface area contributed by atoms with Crippen LogP contribution in [0.4, 0.5) is 4.39 Å². The molecule has 3 aromatic rings. The minimum atomic E-state index is -0.483. The monoisotopic (exact) mass is 445 g/mol. The van der Waals surface area contributed by atoms with Crippen LogP contribution in [-0.2, 0) is 4.74 Å². The molecule has 2 aliphatic rings. The largest absolute Gasteiger partial charge is 0.465 e. The molecule has 1 atom stereocenters. The van der Waals surface area contributed by atoms with E-state index in [4.69, 9.17) is 9.72 Å². The molecule has 1 aliphatic heterocycles. The van der Waals surface area contributed by atoms with Crippen LogP contribution in [0.5, 0.6) is 0 Å². The zero-order valence-corrected chi connectivity index (χ0v) is 18.3. The number of nitrogens with zero attached hydrogens (tertiary/aromatic N) is 3. The normalized spacial score (nSPS) is 17.8. The molecule has 1 aliphatic carbocycles. The Morgan fingerprint density at radius 3 is 2.55 bits per heavy atom. The molecular weight excluding hydrogens is 421 g/mol. The van der Waals surface area contributed by atoms with Crippen molar-refractivity contribution in [2.24, 2.45) is 0 Å². The fourth-order valence-electron chi connectivity index (χ4n) is 4.57. The van der Waals surface area contributed by atoms with Gasteiger partial charge in [-0.2, -0.15) is 0 Å². The maximum atomic E-state index is 13.2. The van der Waals surface area contributed by atoms with Crippen LogP contribution in [0.3, 0.4) is 0 Å². The molecule has 3 heterocycles. The number of ether oxygens (including phenoxy) is 1. The topological polar surface area (TPSA) is 72.4 Å². The van der Waals surface area contributed by atoms with Gasteiger partial charge in [-0.3, -0.25) is 9.78 Å². The summed E-state index contributed by atoms with van der Waals surface area (Å²) in [4.78, 5) is 35.8. The van der Waals surface area contributed by atoms with Crippen LogP contribution in [0.2, 0.25) is 0 Å². The van der Waals surface area contributed by atoms with Gasteiger partial charge in [-0.25, -0.2) is 14.2 Å². The second-order valence-corrected chi connectivity index (χ2v) is 8.61. The smallest absolute Gasteiger partial charge is 0.338 e. The van der Waals surface area contributed by atoms with Crippen molar-refractivity contribution >= 4 is 11.9 Å². The van der Waals surface area contributed by atoms with Crippen molar-refractivity contribution in [2.75, 3.05) is 20.2 Å². The first kappa shape index (κ1) is 21.2. The number of esters is 1. The van der Waals surface area contributed by atoms with Crippen molar-refractivity contribution in [3.05, 3.63) is 83.1 Å². The van der Waals surface area contributed by atoms with Crippen LogP contribution >= 0.6 is 0 Å². The summed E-state index contributed by atoms with van der Waals surface area (Å²) in [5, 5.41) is 0. The minimum absolute atomic E-state index is 0.0521. The summed E-state index contributed by atoms with van der Waals surface area (Å²) in [6.07, 6.45) is 5.83. The SMILES string of the molecule is COC(=O)c1cc(-c2ccccc2C2CC2)ncc1C1CCN(C(=O)c2ccc(F)cn2)C1. The van der Waals surface area contributed by atoms with E-state index in [1.54, 1.807) is 11.1 Å². The molecule has 2 fully saturated rings. The number of carbonyl (C=O) groups is 2. The van der Waals surface area contributed by atoms with Gasteiger partial charge in [0, 0.05) is 30.8 Å². The molecule has 1 amide bonds. The number of hydrogen-bond donors (Lipinski definition) is 0. The van der Waals surface area contributed by atoms with Crippen LogP contribution in [0, 0.1) is 5.82 Å². The molecule has 0 N–H and O–H groups in total. The summed E-state index contributed by atoms with van der Waals surface area (Å²) >= 11 is 0. The Hall–Kier alpha value is -3.61. The van der Waals surface area contributed by atoms with E-state index in [1.807, 2.05) is 24.3 Å². The van der Waals surface area contributed by atoms with Crippen LogP contribution in [0.1, 0.15) is 63.1 Å². The van der Waals surface area contributed by atoms with E-state index < -0.39 is 11.8 Å². The maximum Gasteiger partial charge on any atom is 0.338 e. The summed E-state index contributed by atoms with van der Waals surface area (Å²) < 4.78 is 18.2. The van der Waals surface area contributed by atoms with Gasteiger partial charge in [0.15, 0.2) is 0 Å². The average molecular weight is 445 g/mol. The number of halogens is 1. The molecule has 33 heavy (non-hydrogen) atoms. The predicted molar refractivity (Wildman–Crippen MR) is 120 cm³/mol. The summed E-state index contributed by atoms with van der Waals surface area (Å²) in [5.74, 6) is -0.645. The number of methoxy groups -OCH3 is 1. The predicted octanol–water partition coefficient (Wildman–Crippen LogP) is 4.58. The number of rotatable bonds is 5. The molecule has 6 nitrogen and oxygen atoms in total. The molecule has 0 bridgehead atoms. The van der Waals surface area contributed by atoms with E-state index in [9.17, 15) is 14.0 Å². The second kappa shape index (κ2) is 8.73. The zero-order chi connectivity index (χ0) is 22.9. The Bertz CT molecular complexity index is 1210. The lowest BCUT2D eigenvalue weighted by atomic mass is 9.92. The third kappa shape index (κ3) is 4.23. The Kier molecular flexibility index (Phi) is 5.62. The fraction of sp³-hybridized carbons (Fsp3) is 0.308. The van der Waals surface area contributed by atoms with Gasteiger partial charge in [0.25, 0.3) is 5.91 Å². The van der Waals surface area contributed by atoms with E-state index in [0.29, 0.717) is 31.0 Å². The van der Waals surface area contributed by atoms with Crippen LogP contribution in [0.25, 0.3) is 11.3 Å². The van der Waals surface area contributed by atoms with Crippen molar-refractivity contribution in [1.29, 1.82) is 0 Å². The Morgan fingerprint density at radius 2 is 1.82 bits per heavy atom. The third-order valence-corrected chi connectivity index (χ3v) is 6.46. The van der Waals surface area contributed by atoms with E-state index in [0.717, 1.165) is 23.0 Å². The van der Waals surface area contributed by atoms with Gasteiger partial charge in [-0.05, 0) is 54.5 Å². The summed E-state index contributed by atoms with van der Waals surface area (Å²) in [5.41, 5.74) is 4.52. The zero-order valence-electron chi connectivity index (χ0n) is 18.3. The summed E-state index contributed by atoms with van der Waals surface area (Å²) in [7, 11) is 1.37. The van der Waals surface area contributed by atoms with E-state index >= 15 is 0 Å². The number of likely N-dealkylation sites (tertiary alicyclic amines) is 1. The van der Waals surface area contributed by atoms with Gasteiger partial charge in [0.05, 0.1) is 24.6 Å². The molecule has 0 spiro atoms. The molecule has 168 valence electrons. The van der Waals surface area contributed by atoms with Crippen LogP contribution in [0.15, 0.2) is 54.9 Å². The molecular formula is C26H24FN3O3. The highest BCUT2D eigenvalue weighted by atomic mass is 19.1. The second-order valence-electron chi connectivity index (χ2n) is 8.61. The average Bonchev–Trinajstić information content (AvgIpc) is 3.59. The van der Waals surface area contributed by atoms with Crippen molar-refractivity contribution < 1.29 is 18.7 Å². The van der Waals surface area contributed by atoms with E-state index in [-0.39, 0.29) is 17.5 Å². The van der Waals surface area contributed by atoms with E-state index in [1.165, 1.54) is 37.6 Å². The molecule has 1 saturated carbocycles. The molecule has 1 saturated heterocycles. The summed E-state index contributed by atoms with van der Waals surface area (Å²) in [6.45, 7) is 0.955. The first-order valence-corrected chi connectivity index (χ1v) is 11.1. The highest BCUT2D eigenvalue weighted by Gasteiger charge is 2.32. The first-order valence-electron chi connectivity index (χ1n) is 11.1. The third-order valence-electron chi connectivity index (χ3n) is 6.46. The molecule has 0 radical (unpaired) electrons. The van der Waals surface area contributed by atoms with Gasteiger partial charge in [-0.1, -0.05) is 24.3 Å². The number of amides is 1. The lowest BCUT2D eigenvalue weighted by molar-refractivity contribution is 0.0598. The molecule has 5 rings (SSSR count). The highest BCUT2D eigenvalue weighted by Crippen LogP contribution is 2.44. The van der Waals surface area contributed by atoms with Gasteiger partial charge < -0.3 is 9.64 Å². The van der Waals surface area contributed by atoms with Crippen molar-refractivity contribution in [1.82, 2.24) is 14.9 Å². The quantitative estimate of drug-likeness (QED) is 0.538. The Morgan fingerprint density at radius 1 is 1.00 bits per heavy atom. The number of pyridine rings is 2. The Labute approximate surface area is 191 Å². The number of aromatic nitrogens is 2. The Balaban J connectivity index is 1.43. The van der Waals surface area contributed by atoms with Gasteiger partial charge in [0.1, 0.15) is 11.5 Å². The van der Waals surface area contributed by atoms with Crippen molar-refractivity contribution in [2.45, 2.75) is 31.1 Å². The lowest BCUT2D eigenvalue weighted by Crippen LogP contribution is -2.29. The fourth-order valence-corrected chi connectivity index (χ4v) is 4.57. The number of hydrogen-bond acceptors (Lipinski definition) is 5. The van der Waals surface area contributed by atoms with E-state index in [2.05, 4.69) is 11.1 Å². The number of carbonyl (C=O) groups excluding carboxylic acids is 2. The molecule has 7 heteroatoms. The van der Waals surface area contributed by atoms with Gasteiger partial charge >= 0.3 is 5.97 Å². The first-order chi connectivity index (χ1) is 16.0. The van der Waals surface area contributed by atoms with Gasteiger partial charge in [0.2, 0.25) is 0 Å². The molecule has 1 aromatic carbocycles. The van der Waals surface area contributed by atoms with Crippen LogP contribution < -0.4 is 0 Å². The van der Waals surface area contributed by atoms with Crippen LogP contribution in [-0.4, -0.2) is 46.9 Å². The van der Waals surface area contributed by atoms with Gasteiger partial charge in [-0.15, -0.1) is 0 Å². The highest BCUT2D eigenvalue weighted by molar-refractivity contribution is 5.94. The van der Waals surface area contributed by atoms with Crippen molar-refractivity contribution in [3.8, 4) is 11.3 Å². The number of benzene rings is 1. The molecule has 1 unspecified atom stereocenters. The maximum absolute atomic E-state index is 13.2. The lowest BCUT2D eigenvalue weighted by Gasteiger charge is -2.18.